The van der Waals surface area contributed by atoms with Crippen LogP contribution in [-0.4, -0.2) is 79.6 Å². The topological polar surface area (TPSA) is 119 Å². The molecule has 2 aromatic rings. The van der Waals surface area contributed by atoms with Gasteiger partial charge in [0.2, 0.25) is 0 Å². The minimum absolute atomic E-state index is 0.0264. The van der Waals surface area contributed by atoms with Crippen molar-refractivity contribution in [1.29, 1.82) is 0 Å². The maximum absolute atomic E-state index is 11.1. The summed E-state index contributed by atoms with van der Waals surface area (Å²) in [5.41, 5.74) is 10.9. The highest BCUT2D eigenvalue weighted by Gasteiger charge is 2.21. The van der Waals surface area contributed by atoms with Gasteiger partial charge >= 0.3 is 5.69 Å². The van der Waals surface area contributed by atoms with Gasteiger partial charge in [0.05, 0.1) is 23.7 Å². The lowest BCUT2D eigenvalue weighted by atomic mass is 10.1. The van der Waals surface area contributed by atoms with Crippen LogP contribution in [0.4, 0.5) is 11.4 Å². The molecule has 10 heteroatoms. The van der Waals surface area contributed by atoms with Crippen molar-refractivity contribution in [2.24, 2.45) is 9.98 Å². The SMILES string of the molecule is Nc1cc2c(cc1OCCN1CCCC1)CN=C2.O=[N+]([O-])c1cc2c(cc1OCCN1CCCC1)CN=C2. The van der Waals surface area contributed by atoms with Crippen LogP contribution in [0.3, 0.4) is 0 Å². The monoisotopic (exact) mass is 520 g/mol. The fourth-order valence-corrected chi connectivity index (χ4v) is 5.25. The number of hydrogen-bond acceptors (Lipinski definition) is 9. The molecule has 0 saturated carbocycles. The van der Waals surface area contributed by atoms with Gasteiger partial charge in [-0.15, -0.1) is 0 Å². The Bertz CT molecular complexity index is 1200. The van der Waals surface area contributed by atoms with E-state index in [1.165, 1.54) is 44.3 Å². The molecule has 0 amide bonds. The molecule has 10 nitrogen and oxygen atoms in total. The maximum Gasteiger partial charge on any atom is 0.311 e. The Morgan fingerprint density at radius 1 is 0.789 bits per heavy atom. The number of anilines is 1. The van der Waals surface area contributed by atoms with Crippen LogP contribution in [0, 0.1) is 10.1 Å². The van der Waals surface area contributed by atoms with Crippen molar-refractivity contribution in [3.63, 3.8) is 0 Å². The fraction of sp³-hybridized carbons (Fsp3) is 0.500. The average molecular weight is 521 g/mol. The number of likely N-dealkylation sites (tertiary alicyclic amines) is 2. The van der Waals surface area contributed by atoms with Gasteiger partial charge in [-0.25, -0.2) is 0 Å². The summed E-state index contributed by atoms with van der Waals surface area (Å²) in [5, 5.41) is 11.1. The zero-order valence-corrected chi connectivity index (χ0v) is 21.8. The Balaban J connectivity index is 0.000000156. The molecule has 0 unspecified atom stereocenters. The predicted molar refractivity (Wildman–Crippen MR) is 149 cm³/mol. The molecule has 0 spiro atoms. The summed E-state index contributed by atoms with van der Waals surface area (Å²) in [7, 11) is 0. The van der Waals surface area contributed by atoms with E-state index in [4.69, 9.17) is 15.2 Å². The molecule has 2 aromatic carbocycles. The maximum atomic E-state index is 11.1. The van der Waals surface area contributed by atoms with E-state index in [0.717, 1.165) is 55.2 Å². The standard InChI is InChI=1S/C14H17N3O3.C14H19N3O/c18-17(19)13-7-11-9-15-10-12(11)8-14(13)20-6-5-16-3-1-2-4-16;15-13-7-11-9-16-10-12(11)8-14(13)18-6-5-17-3-1-2-4-17/h7-9H,1-6,10H2;7-9H,1-6,10,15H2. The number of hydrogen-bond donors (Lipinski definition) is 1. The molecular formula is C28H36N6O4. The highest BCUT2D eigenvalue weighted by atomic mass is 16.6. The molecule has 0 bridgehead atoms. The molecule has 6 rings (SSSR count). The van der Waals surface area contributed by atoms with Crippen molar-refractivity contribution in [1.82, 2.24) is 9.80 Å². The lowest BCUT2D eigenvalue weighted by Gasteiger charge is -2.16. The first kappa shape index (κ1) is 26.1. The number of nitrogens with two attached hydrogens (primary N) is 1. The lowest BCUT2D eigenvalue weighted by Crippen LogP contribution is -2.25. The molecular weight excluding hydrogens is 484 g/mol. The highest BCUT2D eigenvalue weighted by molar-refractivity contribution is 5.87. The Morgan fingerprint density at radius 2 is 1.29 bits per heavy atom. The second-order valence-electron chi connectivity index (χ2n) is 10.1. The van der Waals surface area contributed by atoms with Crippen molar-refractivity contribution in [2.45, 2.75) is 38.8 Å². The molecule has 4 aliphatic rings. The van der Waals surface area contributed by atoms with Crippen molar-refractivity contribution in [3.05, 3.63) is 56.6 Å². The second-order valence-corrected chi connectivity index (χ2v) is 10.1. The quantitative estimate of drug-likeness (QED) is 0.304. The summed E-state index contributed by atoms with van der Waals surface area (Å²) >= 11 is 0. The molecule has 202 valence electrons. The van der Waals surface area contributed by atoms with Gasteiger partial charge in [0.25, 0.3) is 0 Å². The summed E-state index contributed by atoms with van der Waals surface area (Å²) < 4.78 is 11.4. The van der Waals surface area contributed by atoms with Crippen LogP contribution in [0.5, 0.6) is 11.5 Å². The second kappa shape index (κ2) is 12.4. The van der Waals surface area contributed by atoms with Crippen molar-refractivity contribution in [2.75, 3.05) is 58.2 Å². The van der Waals surface area contributed by atoms with Gasteiger partial charge in [-0.1, -0.05) is 0 Å². The molecule has 0 aliphatic carbocycles. The van der Waals surface area contributed by atoms with Crippen LogP contribution < -0.4 is 15.2 Å². The number of rotatable bonds is 9. The number of fused-ring (bicyclic) bond motifs is 2. The van der Waals surface area contributed by atoms with E-state index in [-0.39, 0.29) is 5.69 Å². The molecule has 38 heavy (non-hydrogen) atoms. The highest BCUT2D eigenvalue weighted by Crippen LogP contribution is 2.32. The van der Waals surface area contributed by atoms with E-state index in [9.17, 15) is 10.1 Å². The number of nitro groups is 1. The third-order valence-corrected chi connectivity index (χ3v) is 7.40. The summed E-state index contributed by atoms with van der Waals surface area (Å²) in [6, 6.07) is 7.29. The van der Waals surface area contributed by atoms with E-state index >= 15 is 0 Å². The normalized spacial score (nSPS) is 17.8. The zero-order valence-electron chi connectivity index (χ0n) is 21.8. The third kappa shape index (κ3) is 6.49. The Kier molecular flexibility index (Phi) is 8.50. The van der Waals surface area contributed by atoms with E-state index in [0.29, 0.717) is 31.2 Å². The zero-order chi connectivity index (χ0) is 26.3. The van der Waals surface area contributed by atoms with Crippen molar-refractivity contribution in [3.8, 4) is 11.5 Å². The minimum Gasteiger partial charge on any atom is -0.490 e. The van der Waals surface area contributed by atoms with E-state index in [1.54, 1.807) is 18.3 Å². The summed E-state index contributed by atoms with van der Waals surface area (Å²) in [6.07, 6.45) is 8.65. The van der Waals surface area contributed by atoms with Crippen LogP contribution >= 0.6 is 0 Å². The van der Waals surface area contributed by atoms with E-state index < -0.39 is 4.92 Å². The Morgan fingerprint density at radius 3 is 1.84 bits per heavy atom. The first-order chi connectivity index (χ1) is 18.6. The smallest absolute Gasteiger partial charge is 0.311 e. The molecule has 4 aliphatic heterocycles. The third-order valence-electron chi connectivity index (χ3n) is 7.40. The predicted octanol–water partition coefficient (Wildman–Crippen LogP) is 3.68. The van der Waals surface area contributed by atoms with Crippen molar-refractivity contribution < 1.29 is 14.4 Å². The first-order valence-corrected chi connectivity index (χ1v) is 13.5. The summed E-state index contributed by atoms with van der Waals surface area (Å²) in [4.78, 5) is 23.8. The van der Waals surface area contributed by atoms with Gasteiger partial charge in [0, 0.05) is 37.1 Å². The molecule has 4 heterocycles. The van der Waals surface area contributed by atoms with E-state index in [2.05, 4.69) is 19.8 Å². The number of nitrogens with zero attached hydrogens (tertiary/aromatic N) is 5. The number of ether oxygens (including phenoxy) is 2. The van der Waals surface area contributed by atoms with Crippen LogP contribution in [0.15, 0.2) is 34.3 Å². The van der Waals surface area contributed by atoms with Gasteiger partial charge in [-0.05, 0) is 86.8 Å². The minimum atomic E-state index is -0.391. The molecule has 0 aromatic heterocycles. The van der Waals surface area contributed by atoms with Crippen LogP contribution in [0.1, 0.15) is 47.9 Å². The molecule has 2 N–H and O–H groups in total. The molecule has 2 fully saturated rings. The summed E-state index contributed by atoms with van der Waals surface area (Å²) in [5.74, 6) is 1.16. The van der Waals surface area contributed by atoms with Gasteiger partial charge < -0.3 is 15.2 Å². The molecule has 0 radical (unpaired) electrons. The van der Waals surface area contributed by atoms with Crippen LogP contribution in [0.25, 0.3) is 0 Å². The number of nitrogen functional groups attached to an aromatic ring is 1. The van der Waals surface area contributed by atoms with Crippen LogP contribution in [0.2, 0.25) is 0 Å². The number of aliphatic imine (C=N–C) groups is 2. The summed E-state index contributed by atoms with van der Waals surface area (Å²) in [6.45, 7) is 8.96. The Hall–Kier alpha value is -3.50. The van der Waals surface area contributed by atoms with Gasteiger partial charge in [-0.2, -0.15) is 0 Å². The number of nitro benzene ring substituents is 1. The van der Waals surface area contributed by atoms with Gasteiger partial charge in [-0.3, -0.25) is 29.9 Å². The molecule has 2 saturated heterocycles. The van der Waals surface area contributed by atoms with Crippen LogP contribution in [-0.2, 0) is 13.1 Å². The average Bonchev–Trinajstić information content (AvgIpc) is 3.72. The van der Waals surface area contributed by atoms with Gasteiger partial charge in [0.1, 0.15) is 19.0 Å². The van der Waals surface area contributed by atoms with Crippen molar-refractivity contribution >= 4 is 23.8 Å². The molecule has 0 atom stereocenters. The van der Waals surface area contributed by atoms with E-state index in [1.807, 2.05) is 18.3 Å². The fourth-order valence-electron chi connectivity index (χ4n) is 5.25. The Labute approximate surface area is 223 Å². The van der Waals surface area contributed by atoms with Gasteiger partial charge in [0.15, 0.2) is 5.75 Å². The lowest BCUT2D eigenvalue weighted by molar-refractivity contribution is -0.385. The number of benzene rings is 2. The largest absolute Gasteiger partial charge is 0.490 e. The first-order valence-electron chi connectivity index (χ1n) is 13.5.